The molecule has 0 unspecified atom stereocenters. The maximum atomic E-state index is 14.1. The van der Waals surface area contributed by atoms with Crippen LogP contribution in [0.4, 0.5) is 0 Å². The second-order valence-electron chi connectivity index (χ2n) is 13.3. The molecule has 6 rings (SSSR count). The number of benzene rings is 2. The van der Waals surface area contributed by atoms with E-state index >= 15 is 0 Å². The summed E-state index contributed by atoms with van der Waals surface area (Å²) in [4.78, 5) is 14.1. The highest BCUT2D eigenvalue weighted by molar-refractivity contribution is 5.80. The van der Waals surface area contributed by atoms with Crippen molar-refractivity contribution < 1.29 is 4.79 Å². The first-order chi connectivity index (χ1) is 18.8. The summed E-state index contributed by atoms with van der Waals surface area (Å²) in [6.07, 6.45) is 13.0. The highest BCUT2D eigenvalue weighted by Gasteiger charge is 2.59. The van der Waals surface area contributed by atoms with E-state index in [4.69, 9.17) is 0 Å². The highest BCUT2D eigenvalue weighted by Crippen LogP contribution is 2.66. The Morgan fingerprint density at radius 3 is 2.54 bits per heavy atom. The number of hydrogen-bond donors (Lipinski definition) is 1. The average Bonchev–Trinajstić information content (AvgIpc) is 3.31. The average molecular weight is 519 g/mol. The van der Waals surface area contributed by atoms with Crippen molar-refractivity contribution in [1.82, 2.24) is 5.32 Å². The molecule has 7 atom stereocenters. The largest absolute Gasteiger partial charge is 0.349 e. The van der Waals surface area contributed by atoms with Gasteiger partial charge in [0.15, 0.2) is 0 Å². The molecular weight excluding hydrogens is 476 g/mol. The zero-order valence-electron chi connectivity index (χ0n) is 23.7. The summed E-state index contributed by atoms with van der Waals surface area (Å²) in [5, 5.41) is 13.0. The minimum absolute atomic E-state index is 0.0252. The van der Waals surface area contributed by atoms with Gasteiger partial charge in [0.25, 0.3) is 0 Å². The Morgan fingerprint density at radius 1 is 1.03 bits per heavy atom. The molecule has 39 heavy (non-hydrogen) atoms. The van der Waals surface area contributed by atoms with Crippen LogP contribution in [0.3, 0.4) is 0 Å². The van der Waals surface area contributed by atoms with Crippen LogP contribution in [0.2, 0.25) is 0 Å². The second-order valence-corrected chi connectivity index (χ2v) is 13.3. The number of hydrogen-bond acceptors (Lipinski definition) is 2. The van der Waals surface area contributed by atoms with Gasteiger partial charge in [0.05, 0.1) is 12.1 Å². The Hall–Kier alpha value is -3.12. The maximum Gasteiger partial charge on any atom is 0.224 e. The third-order valence-electron chi connectivity index (χ3n) is 11.3. The Bertz CT molecular complexity index is 1330. The van der Waals surface area contributed by atoms with Gasteiger partial charge in [-0.15, -0.1) is 0 Å². The van der Waals surface area contributed by atoms with Crippen molar-refractivity contribution in [2.45, 2.75) is 78.2 Å². The third kappa shape index (κ3) is 4.57. The number of nitrogens with one attached hydrogen (secondary N) is 1. The van der Waals surface area contributed by atoms with E-state index in [2.05, 4.69) is 92.8 Å². The molecule has 1 amide bonds. The predicted octanol–water partition coefficient (Wildman–Crippen LogP) is 8.03. The summed E-state index contributed by atoms with van der Waals surface area (Å²) >= 11 is 0. The van der Waals surface area contributed by atoms with Crippen LogP contribution in [-0.2, 0) is 11.2 Å². The molecule has 3 heteroatoms. The van der Waals surface area contributed by atoms with E-state index in [9.17, 15) is 10.1 Å². The van der Waals surface area contributed by atoms with Gasteiger partial charge < -0.3 is 5.32 Å². The summed E-state index contributed by atoms with van der Waals surface area (Å²) in [5.74, 6) is 2.21. The van der Waals surface area contributed by atoms with Crippen LogP contribution in [-0.4, -0.2) is 5.91 Å². The topological polar surface area (TPSA) is 52.9 Å². The smallest absolute Gasteiger partial charge is 0.224 e. The van der Waals surface area contributed by atoms with E-state index in [1.165, 1.54) is 28.7 Å². The van der Waals surface area contributed by atoms with Gasteiger partial charge in [0.1, 0.15) is 0 Å². The monoisotopic (exact) mass is 518 g/mol. The normalized spacial score (nSPS) is 33.9. The van der Waals surface area contributed by atoms with Gasteiger partial charge in [-0.25, -0.2) is 0 Å². The highest BCUT2D eigenvalue weighted by atomic mass is 16.2. The molecule has 0 saturated heterocycles. The molecule has 1 N–H and O–H groups in total. The van der Waals surface area contributed by atoms with Crippen molar-refractivity contribution >= 4 is 5.91 Å². The van der Waals surface area contributed by atoms with Crippen LogP contribution >= 0.6 is 0 Å². The lowest BCUT2D eigenvalue weighted by atomic mass is 9.48. The number of rotatable bonds is 5. The van der Waals surface area contributed by atoms with Gasteiger partial charge in [-0.2, -0.15) is 5.26 Å². The molecule has 2 aromatic rings. The van der Waals surface area contributed by atoms with E-state index in [1.54, 1.807) is 0 Å². The Morgan fingerprint density at radius 2 is 1.79 bits per heavy atom. The van der Waals surface area contributed by atoms with E-state index in [-0.39, 0.29) is 28.7 Å². The summed E-state index contributed by atoms with van der Waals surface area (Å²) < 4.78 is 0. The molecule has 2 saturated carbocycles. The van der Waals surface area contributed by atoms with Gasteiger partial charge in [-0.3, -0.25) is 4.79 Å². The number of aryl methyl sites for hydroxylation is 1. The van der Waals surface area contributed by atoms with Gasteiger partial charge in [0, 0.05) is 11.5 Å². The van der Waals surface area contributed by atoms with Gasteiger partial charge >= 0.3 is 0 Å². The van der Waals surface area contributed by atoms with Crippen LogP contribution < -0.4 is 5.32 Å². The number of carbonyl (C=O) groups is 1. The first-order valence-corrected chi connectivity index (χ1v) is 15.0. The number of carbonyl (C=O) groups excluding carboxylic acids is 1. The van der Waals surface area contributed by atoms with Gasteiger partial charge in [0.2, 0.25) is 5.91 Å². The van der Waals surface area contributed by atoms with Crippen molar-refractivity contribution in [3.8, 4) is 6.07 Å². The number of fused-ring (bicyclic) bond motifs is 5. The summed E-state index contributed by atoms with van der Waals surface area (Å²) in [5.41, 5.74) is 6.27. The fourth-order valence-corrected chi connectivity index (χ4v) is 9.01. The molecular formula is C36H42N2O. The van der Waals surface area contributed by atoms with Crippen molar-refractivity contribution in [3.05, 3.63) is 94.6 Å². The summed E-state index contributed by atoms with van der Waals surface area (Å²) in [6.45, 7) is 7.00. The molecule has 2 aromatic carbocycles. The molecule has 0 radical (unpaired) electrons. The number of nitriles is 1. The van der Waals surface area contributed by atoms with Crippen molar-refractivity contribution in [3.63, 3.8) is 0 Å². The zero-order chi connectivity index (χ0) is 27.2. The molecule has 4 aliphatic rings. The number of amides is 1. The van der Waals surface area contributed by atoms with Gasteiger partial charge in [-0.1, -0.05) is 80.1 Å². The molecule has 0 bridgehead atoms. The van der Waals surface area contributed by atoms with E-state index in [0.717, 1.165) is 50.5 Å². The molecule has 0 aliphatic heterocycles. The van der Waals surface area contributed by atoms with E-state index in [0.29, 0.717) is 17.8 Å². The summed E-state index contributed by atoms with van der Waals surface area (Å²) in [7, 11) is 0. The van der Waals surface area contributed by atoms with Crippen LogP contribution in [0, 0.1) is 52.8 Å². The first-order valence-electron chi connectivity index (χ1n) is 15.0. The standard InChI is InChI=1S/C36H42N2O/c1-24-9-11-25(12-10-24)22-33(27-7-5-4-6-8-27)38-34(39)32-16-15-30-29-14-13-28-21-26(23-37)17-19-35(28,2)31(29)18-20-36(30,32)3/h4-13,21,29-33H,14-20,22H2,1-3H3,(H,38,39)/t29-,30-,31-,32+,33-,35-,36-/m0/s1. The van der Waals surface area contributed by atoms with E-state index < -0.39 is 0 Å². The SMILES string of the molecule is Cc1ccc(C[C@H](NC(=O)[C@H]2CC[C@H]3[C@@H]4CC=C5C=C(C#N)CC[C@]5(C)[C@H]4CC[C@]23C)c2ccccc2)cc1. The molecule has 202 valence electrons. The quantitative estimate of drug-likeness (QED) is 0.435. The number of nitrogens with zero attached hydrogens (tertiary/aromatic N) is 1. The third-order valence-corrected chi connectivity index (χ3v) is 11.3. The van der Waals surface area contributed by atoms with Gasteiger partial charge in [-0.05, 0) is 110 Å². The molecule has 3 nitrogen and oxygen atoms in total. The predicted molar refractivity (Wildman–Crippen MR) is 156 cm³/mol. The lowest BCUT2D eigenvalue weighted by Gasteiger charge is -2.56. The van der Waals surface area contributed by atoms with Crippen LogP contribution in [0.15, 0.2) is 77.9 Å². The minimum atomic E-state index is -0.0252. The second kappa shape index (κ2) is 10.1. The fourth-order valence-electron chi connectivity index (χ4n) is 9.01. The molecule has 0 heterocycles. The Labute approximate surface area is 234 Å². The molecule has 0 aromatic heterocycles. The minimum Gasteiger partial charge on any atom is -0.349 e. The van der Waals surface area contributed by atoms with Crippen molar-refractivity contribution in [2.75, 3.05) is 0 Å². The van der Waals surface area contributed by atoms with Crippen LogP contribution in [0.1, 0.15) is 81.5 Å². The summed E-state index contributed by atoms with van der Waals surface area (Å²) in [6, 6.07) is 21.6. The van der Waals surface area contributed by atoms with Crippen LogP contribution in [0.5, 0.6) is 0 Å². The molecule has 2 fully saturated rings. The fraction of sp³-hybridized carbons (Fsp3) is 0.500. The molecule has 4 aliphatic carbocycles. The van der Waals surface area contributed by atoms with Crippen molar-refractivity contribution in [1.29, 1.82) is 5.26 Å². The Balaban J connectivity index is 1.22. The van der Waals surface area contributed by atoms with Crippen LogP contribution in [0.25, 0.3) is 0 Å². The maximum absolute atomic E-state index is 14.1. The lowest BCUT2D eigenvalue weighted by molar-refractivity contribution is -0.132. The number of allylic oxidation sites excluding steroid dienone is 4. The van der Waals surface area contributed by atoms with E-state index in [1.807, 2.05) is 6.07 Å². The lowest BCUT2D eigenvalue weighted by Crippen LogP contribution is -2.51. The first kappa shape index (κ1) is 26.1. The Kier molecular flexibility index (Phi) is 6.78. The zero-order valence-corrected chi connectivity index (χ0v) is 23.7. The molecule has 0 spiro atoms. The van der Waals surface area contributed by atoms with Crippen molar-refractivity contribution in [2.24, 2.45) is 34.5 Å².